The molecule has 9 nitrogen and oxygen atoms in total. The molecule has 1 fully saturated rings. The minimum absolute atomic E-state index is 0.0131. The smallest absolute Gasteiger partial charge is 0.220 e. The molecule has 1 aromatic carbocycles. The molecule has 0 saturated heterocycles. The first-order chi connectivity index (χ1) is 20.2. The van der Waals surface area contributed by atoms with Crippen LogP contribution < -0.4 is 15.4 Å². The highest BCUT2D eigenvalue weighted by Crippen LogP contribution is 2.39. The number of aliphatic imine (C=N–C) groups is 1. The number of pyridine rings is 1. The first kappa shape index (κ1) is 32.0. The summed E-state index contributed by atoms with van der Waals surface area (Å²) < 4.78 is 12.0. The van der Waals surface area contributed by atoms with Crippen molar-refractivity contribution < 1.29 is 14.3 Å². The van der Waals surface area contributed by atoms with Gasteiger partial charge in [0.2, 0.25) is 5.91 Å². The van der Waals surface area contributed by atoms with Crippen molar-refractivity contribution >= 4 is 40.5 Å². The molecule has 2 N–H and O–H groups in total. The van der Waals surface area contributed by atoms with E-state index < -0.39 is 0 Å². The molecule has 0 radical (unpaired) electrons. The third kappa shape index (κ3) is 8.13. The van der Waals surface area contributed by atoms with Gasteiger partial charge in [0.15, 0.2) is 5.75 Å². The van der Waals surface area contributed by atoms with Gasteiger partial charge in [0.05, 0.1) is 52.5 Å². The highest BCUT2D eigenvalue weighted by molar-refractivity contribution is 6.37. The maximum Gasteiger partial charge on any atom is 0.220 e. The zero-order chi connectivity index (χ0) is 30.2. The predicted octanol–water partition coefficient (Wildman–Crippen LogP) is 5.29. The summed E-state index contributed by atoms with van der Waals surface area (Å²) in [5.74, 6) is -0.0303. The van der Waals surface area contributed by atoms with Crippen molar-refractivity contribution in [1.82, 2.24) is 15.2 Å². The second-order valence-corrected chi connectivity index (χ2v) is 12.0. The molecule has 1 amide bonds. The Morgan fingerprint density at radius 1 is 1.26 bits per heavy atom. The van der Waals surface area contributed by atoms with Crippen LogP contribution >= 0.6 is 23.2 Å². The molecule has 5 atom stereocenters. The number of aryl methyl sites for hydroxylation is 1. The molecule has 0 spiro atoms. The van der Waals surface area contributed by atoms with Crippen molar-refractivity contribution in [2.24, 2.45) is 16.8 Å². The molecule has 42 heavy (non-hydrogen) atoms. The largest absolute Gasteiger partial charge is 0.484 e. The summed E-state index contributed by atoms with van der Waals surface area (Å²) >= 11 is 13.3. The van der Waals surface area contributed by atoms with E-state index in [9.17, 15) is 10.1 Å². The summed E-state index contributed by atoms with van der Waals surface area (Å²) in [5, 5.41) is 17.5. The summed E-state index contributed by atoms with van der Waals surface area (Å²) in [6.07, 6.45) is 4.02. The molecule has 1 aliphatic carbocycles. The number of amides is 1. The van der Waals surface area contributed by atoms with E-state index in [-0.39, 0.29) is 42.5 Å². The van der Waals surface area contributed by atoms with Crippen LogP contribution in [0.15, 0.2) is 35.5 Å². The van der Waals surface area contributed by atoms with E-state index in [4.69, 9.17) is 37.7 Å². The van der Waals surface area contributed by atoms with Gasteiger partial charge in [-0.15, -0.1) is 0 Å². The topological polar surface area (TPSA) is 112 Å². The van der Waals surface area contributed by atoms with Crippen molar-refractivity contribution in [2.45, 2.75) is 64.3 Å². The Hall–Kier alpha value is -2.90. The average Bonchev–Trinajstić information content (AvgIpc) is 2.94. The van der Waals surface area contributed by atoms with Crippen LogP contribution in [0.5, 0.6) is 5.75 Å². The predicted molar refractivity (Wildman–Crippen MR) is 166 cm³/mol. The molecule has 2 heterocycles. The fourth-order valence-corrected chi connectivity index (χ4v) is 6.28. The van der Waals surface area contributed by atoms with Crippen molar-refractivity contribution in [3.8, 4) is 11.8 Å². The number of rotatable bonds is 12. The number of anilines is 1. The van der Waals surface area contributed by atoms with Gasteiger partial charge in [-0.3, -0.25) is 14.8 Å². The van der Waals surface area contributed by atoms with Crippen LogP contribution in [0.1, 0.15) is 43.9 Å². The molecule has 1 saturated carbocycles. The fraction of sp³-hybridized carbons (Fsp3) is 0.548. The number of nitriles is 1. The van der Waals surface area contributed by atoms with E-state index in [1.54, 1.807) is 18.3 Å². The number of hydrogen-bond acceptors (Lipinski definition) is 8. The number of carbonyl (C=O) groups excluding carboxylic acids is 1. The normalized spacial score (nSPS) is 23.5. The van der Waals surface area contributed by atoms with Crippen LogP contribution in [0.3, 0.4) is 0 Å². The molecular formula is C31H40Cl2N6O3. The maximum absolute atomic E-state index is 12.8. The second-order valence-electron chi connectivity index (χ2n) is 11.2. The number of hydrogen-bond donors (Lipinski definition) is 2. The Morgan fingerprint density at radius 2 is 2.02 bits per heavy atom. The summed E-state index contributed by atoms with van der Waals surface area (Å²) in [7, 11) is 3.99. The van der Waals surface area contributed by atoms with Gasteiger partial charge in [0, 0.05) is 43.0 Å². The van der Waals surface area contributed by atoms with Crippen molar-refractivity contribution in [3.05, 3.63) is 51.8 Å². The Labute approximate surface area is 258 Å². The van der Waals surface area contributed by atoms with Crippen LogP contribution in [0.2, 0.25) is 10.0 Å². The van der Waals surface area contributed by atoms with Crippen LogP contribution in [-0.2, 0) is 16.1 Å². The lowest BCUT2D eigenvalue weighted by Gasteiger charge is -2.44. The number of aromatic nitrogens is 1. The van der Waals surface area contributed by atoms with Gasteiger partial charge in [-0.05, 0) is 71.1 Å². The zero-order valence-corrected chi connectivity index (χ0v) is 26.2. The number of fused-ring (bicyclic) bond motifs is 1. The maximum atomic E-state index is 12.8. The van der Waals surface area contributed by atoms with E-state index in [1.165, 1.54) is 0 Å². The van der Waals surface area contributed by atoms with Gasteiger partial charge < -0.3 is 25.0 Å². The van der Waals surface area contributed by atoms with Gasteiger partial charge in [0.1, 0.15) is 6.61 Å². The molecule has 226 valence electrons. The molecule has 5 unspecified atom stereocenters. The lowest BCUT2D eigenvalue weighted by molar-refractivity contribution is -0.123. The Bertz CT molecular complexity index is 1290. The Kier molecular flexibility index (Phi) is 11.4. The Balaban J connectivity index is 1.50. The third-order valence-corrected chi connectivity index (χ3v) is 8.42. The van der Waals surface area contributed by atoms with Gasteiger partial charge >= 0.3 is 0 Å². The van der Waals surface area contributed by atoms with Gasteiger partial charge in [-0.2, -0.15) is 5.26 Å². The molecule has 4 rings (SSSR count). The van der Waals surface area contributed by atoms with Crippen molar-refractivity contribution in [2.75, 3.05) is 39.1 Å². The lowest BCUT2D eigenvalue weighted by atomic mass is 9.72. The molecule has 2 aromatic rings. The van der Waals surface area contributed by atoms with E-state index in [0.29, 0.717) is 53.9 Å². The number of carbonyl (C=O) groups is 1. The van der Waals surface area contributed by atoms with E-state index in [1.807, 2.05) is 40.1 Å². The number of halogens is 2. The van der Waals surface area contributed by atoms with E-state index in [0.717, 1.165) is 29.9 Å². The highest BCUT2D eigenvalue weighted by Gasteiger charge is 2.44. The summed E-state index contributed by atoms with van der Waals surface area (Å²) in [6, 6.07) is 9.39. The van der Waals surface area contributed by atoms with Crippen LogP contribution in [0, 0.1) is 30.1 Å². The monoisotopic (exact) mass is 614 g/mol. The third-order valence-electron chi connectivity index (χ3n) is 7.86. The molecule has 1 aliphatic heterocycles. The van der Waals surface area contributed by atoms with Gasteiger partial charge in [0.25, 0.3) is 0 Å². The van der Waals surface area contributed by atoms with Crippen molar-refractivity contribution in [1.29, 1.82) is 5.26 Å². The number of nitrogens with one attached hydrogen (secondary N) is 2. The quantitative estimate of drug-likeness (QED) is 0.334. The first-order valence-corrected chi connectivity index (χ1v) is 15.2. The van der Waals surface area contributed by atoms with Crippen LogP contribution in [-0.4, -0.2) is 73.5 Å². The lowest BCUT2D eigenvalue weighted by Crippen LogP contribution is -2.56. The molecule has 1 aromatic heterocycles. The average molecular weight is 616 g/mol. The standard InChI is InChI=1S/C31H40Cl2N6O3/c1-5-41-28-15-25-22(14-26(28)38-29(40)9-7-11-39(3)4)30(20(16-34)17-36-25)37-21-12-23(32)31(24(33)13-21)42-18-27-19(2)8-6-10-35-27/h6,8,10,12-13,20,22,26,28,30,37H,5,7,9,11,14-15,17-18H2,1-4H3,(H,38,40). The number of ether oxygens (including phenoxy) is 2. The van der Waals surface area contributed by atoms with E-state index >= 15 is 0 Å². The summed E-state index contributed by atoms with van der Waals surface area (Å²) in [4.78, 5) is 24.1. The number of nitrogens with zero attached hydrogens (tertiary/aromatic N) is 4. The first-order valence-electron chi connectivity index (χ1n) is 14.5. The van der Waals surface area contributed by atoms with Crippen LogP contribution in [0.4, 0.5) is 5.69 Å². The highest BCUT2D eigenvalue weighted by atomic mass is 35.5. The zero-order valence-electron chi connectivity index (χ0n) is 24.7. The number of benzene rings is 1. The Morgan fingerprint density at radius 3 is 2.69 bits per heavy atom. The molecular weight excluding hydrogens is 575 g/mol. The van der Waals surface area contributed by atoms with Gasteiger partial charge in [-0.1, -0.05) is 29.3 Å². The van der Waals surface area contributed by atoms with Crippen molar-refractivity contribution in [3.63, 3.8) is 0 Å². The van der Waals surface area contributed by atoms with E-state index in [2.05, 4.69) is 26.6 Å². The molecule has 11 heteroatoms. The molecule has 2 aliphatic rings. The minimum atomic E-state index is -0.362. The minimum Gasteiger partial charge on any atom is -0.484 e. The molecule has 0 bridgehead atoms. The van der Waals surface area contributed by atoms with Gasteiger partial charge in [-0.25, -0.2) is 0 Å². The fourth-order valence-electron chi connectivity index (χ4n) is 5.69. The van der Waals surface area contributed by atoms with Crippen LogP contribution in [0.25, 0.3) is 0 Å². The summed E-state index contributed by atoms with van der Waals surface area (Å²) in [5.41, 5.74) is 3.52. The second kappa shape index (κ2) is 15.0. The summed E-state index contributed by atoms with van der Waals surface area (Å²) in [6.45, 7) is 5.95. The SMILES string of the molecule is CCOC1CC2=NCC(C#N)C(Nc3cc(Cl)c(OCc4ncccc4C)c(Cl)c3)C2CC1NC(=O)CCCN(C)C.